The molecule has 9 nitrogen and oxygen atoms in total. The Hall–Kier alpha value is -1.84. The summed E-state index contributed by atoms with van der Waals surface area (Å²) in [6, 6.07) is 0. The lowest BCUT2D eigenvalue weighted by molar-refractivity contribution is -0.0581. The average Bonchev–Trinajstić information content (AvgIpc) is 3.42. The Balaban J connectivity index is 1.09. The second kappa shape index (κ2) is 19.0. The third-order valence-corrected chi connectivity index (χ3v) is 13.5. The third-order valence-electron chi connectivity index (χ3n) is 13.5. The topological polar surface area (TPSA) is 98.4 Å². The third kappa shape index (κ3) is 11.6. The highest BCUT2D eigenvalue weighted by Crippen LogP contribution is 2.67. The number of amides is 2. The van der Waals surface area contributed by atoms with Crippen molar-refractivity contribution in [2.75, 3.05) is 60.2 Å². The van der Waals surface area contributed by atoms with Gasteiger partial charge in [0.05, 0.1) is 26.4 Å². The number of nitrogens with one attached hydrogen (secondary N) is 2. The Morgan fingerprint density at radius 3 is 2.25 bits per heavy atom. The first-order chi connectivity index (χ1) is 24.1. The fraction of sp³-hybridized carbons (Fsp3) is 0.905. The molecule has 5 unspecified atom stereocenters. The monoisotopic (exact) mass is 718 g/mol. The van der Waals surface area contributed by atoms with Crippen molar-refractivity contribution in [3.05, 3.63) is 11.6 Å². The number of alkyl carbamates (subject to hydrolysis) is 2. The molecule has 0 saturated heterocycles. The summed E-state index contributed by atoms with van der Waals surface area (Å²) in [4.78, 5) is 26.8. The molecule has 0 aromatic heterocycles. The number of ether oxygens (including phenoxy) is 4. The van der Waals surface area contributed by atoms with Gasteiger partial charge in [0.1, 0.15) is 11.7 Å². The normalized spacial score (nSPS) is 31.0. The molecule has 4 rings (SSSR count). The Labute approximate surface area is 311 Å². The Kier molecular flexibility index (Phi) is 15.6. The van der Waals surface area contributed by atoms with Gasteiger partial charge in [-0.1, -0.05) is 65.5 Å². The molecule has 2 amide bonds. The van der Waals surface area contributed by atoms with E-state index in [-0.39, 0.29) is 17.6 Å². The molecular weight excluding hydrogens is 642 g/mol. The summed E-state index contributed by atoms with van der Waals surface area (Å²) in [5, 5.41) is 5.59. The number of carbonyl (C=O) groups is 2. The van der Waals surface area contributed by atoms with Gasteiger partial charge < -0.3 is 34.5 Å². The van der Waals surface area contributed by atoms with Crippen molar-refractivity contribution >= 4 is 12.2 Å². The molecule has 294 valence electrons. The van der Waals surface area contributed by atoms with E-state index in [1.54, 1.807) is 5.57 Å². The van der Waals surface area contributed by atoms with Crippen LogP contribution in [0.4, 0.5) is 9.59 Å². The van der Waals surface area contributed by atoms with Gasteiger partial charge >= 0.3 is 12.2 Å². The number of fused-ring (bicyclic) bond motifs is 5. The minimum absolute atomic E-state index is 0.0541. The second-order valence-electron chi connectivity index (χ2n) is 18.3. The first-order valence-electron chi connectivity index (χ1n) is 20.6. The molecule has 0 radical (unpaired) electrons. The molecule has 0 spiro atoms. The number of hydrogen-bond acceptors (Lipinski definition) is 7. The summed E-state index contributed by atoms with van der Waals surface area (Å²) < 4.78 is 22.6. The molecule has 2 N–H and O–H groups in total. The highest BCUT2D eigenvalue weighted by molar-refractivity contribution is 5.67. The van der Waals surface area contributed by atoms with Gasteiger partial charge in [-0.2, -0.15) is 0 Å². The van der Waals surface area contributed by atoms with Gasteiger partial charge in [-0.3, -0.25) is 0 Å². The number of allylic oxidation sites excluding steroid dienone is 1. The molecule has 4 aliphatic rings. The van der Waals surface area contributed by atoms with Crippen LogP contribution in [0.2, 0.25) is 0 Å². The number of rotatable bonds is 19. The maximum atomic E-state index is 12.7. The summed E-state index contributed by atoms with van der Waals surface area (Å²) in [6.07, 6.45) is 16.4. The maximum Gasteiger partial charge on any atom is 0.407 e. The van der Waals surface area contributed by atoms with Gasteiger partial charge in [0.25, 0.3) is 0 Å². The maximum absolute atomic E-state index is 12.7. The van der Waals surface area contributed by atoms with Crippen LogP contribution in [0, 0.1) is 46.3 Å². The van der Waals surface area contributed by atoms with Crippen LogP contribution >= 0.6 is 0 Å². The first kappa shape index (κ1) is 41.9. The molecule has 3 fully saturated rings. The van der Waals surface area contributed by atoms with Crippen molar-refractivity contribution in [1.29, 1.82) is 0 Å². The van der Waals surface area contributed by atoms with Gasteiger partial charge in [0.2, 0.25) is 0 Å². The van der Waals surface area contributed by atoms with Gasteiger partial charge in [0.15, 0.2) is 0 Å². The highest BCUT2D eigenvalue weighted by Gasteiger charge is 2.59. The van der Waals surface area contributed by atoms with E-state index in [1.165, 1.54) is 51.4 Å². The Morgan fingerprint density at radius 2 is 1.59 bits per heavy atom. The fourth-order valence-corrected chi connectivity index (χ4v) is 10.5. The fourth-order valence-electron chi connectivity index (χ4n) is 10.5. The molecule has 0 aromatic rings. The molecule has 51 heavy (non-hydrogen) atoms. The Bertz CT molecular complexity index is 1140. The van der Waals surface area contributed by atoms with Crippen LogP contribution in [0.1, 0.15) is 126 Å². The predicted octanol–water partition coefficient (Wildman–Crippen LogP) is 8.61. The van der Waals surface area contributed by atoms with Crippen molar-refractivity contribution in [2.24, 2.45) is 46.3 Å². The predicted molar refractivity (Wildman–Crippen MR) is 205 cm³/mol. The van der Waals surface area contributed by atoms with Crippen molar-refractivity contribution in [2.45, 2.75) is 137 Å². The molecule has 9 heteroatoms. The number of hydrogen-bond donors (Lipinski definition) is 2. The van der Waals surface area contributed by atoms with Crippen LogP contribution in [0.15, 0.2) is 11.6 Å². The molecule has 0 aromatic carbocycles. The van der Waals surface area contributed by atoms with Gasteiger partial charge in [-0.15, -0.1) is 0 Å². The molecular formula is C42H75N3O6. The lowest BCUT2D eigenvalue weighted by Gasteiger charge is -2.58. The standard InChI is InChI=1S/C42H75N3O6/c1-30(2)11-10-12-31(3)35-15-16-36-34-14-13-32-29-33(17-19-41(32,6)37(34)18-20-42(35,36)7)50-38(46)43-22-25-48-27-28-49-26-23-44-39(47)51-40(4,5)21-24-45(8)9/h13,30-31,33-37H,10-12,14-29H2,1-9H3,(H,43,46)(H,44,47)/t31?,33-,34?,35?,36?,37?,41-,42+/m0/s1. The largest absolute Gasteiger partial charge is 0.446 e. The van der Waals surface area contributed by atoms with Gasteiger partial charge in [0, 0.05) is 26.1 Å². The summed E-state index contributed by atoms with van der Waals surface area (Å²) in [7, 11) is 4.00. The lowest BCUT2D eigenvalue weighted by Crippen LogP contribution is -2.51. The number of carbonyl (C=O) groups excluding carboxylic acids is 2. The summed E-state index contributed by atoms with van der Waals surface area (Å²) in [6.45, 7) is 19.5. The quantitative estimate of drug-likeness (QED) is 0.102. The van der Waals surface area contributed by atoms with Crippen LogP contribution < -0.4 is 10.6 Å². The zero-order chi connectivity index (χ0) is 37.2. The van der Waals surface area contributed by atoms with Crippen molar-refractivity contribution in [3.8, 4) is 0 Å². The number of nitrogens with zero attached hydrogens (tertiary/aromatic N) is 1. The smallest absolute Gasteiger partial charge is 0.407 e. The van der Waals surface area contributed by atoms with E-state index in [0.717, 1.165) is 67.7 Å². The van der Waals surface area contributed by atoms with Crippen LogP contribution in [0.25, 0.3) is 0 Å². The van der Waals surface area contributed by atoms with E-state index in [9.17, 15) is 9.59 Å². The molecule has 0 aliphatic heterocycles. The van der Waals surface area contributed by atoms with E-state index in [0.29, 0.717) is 44.9 Å². The minimum atomic E-state index is -0.526. The van der Waals surface area contributed by atoms with Gasteiger partial charge in [-0.25, -0.2) is 9.59 Å². The molecule has 3 saturated carbocycles. The molecule has 0 bridgehead atoms. The summed E-state index contributed by atoms with van der Waals surface area (Å²) in [5.74, 6) is 4.98. The highest BCUT2D eigenvalue weighted by atomic mass is 16.6. The van der Waals surface area contributed by atoms with E-state index >= 15 is 0 Å². The minimum Gasteiger partial charge on any atom is -0.446 e. The zero-order valence-corrected chi connectivity index (χ0v) is 34.0. The zero-order valence-electron chi connectivity index (χ0n) is 34.0. The van der Waals surface area contributed by atoms with Crippen LogP contribution in [0.5, 0.6) is 0 Å². The van der Waals surface area contributed by atoms with E-state index in [4.69, 9.17) is 18.9 Å². The lowest BCUT2D eigenvalue weighted by atomic mass is 9.47. The SMILES string of the molecule is CC(C)CCCC(C)C1CCC2C3CC=C4C[C@@H](OC(=O)NCCOCCOCCNC(=O)OC(C)(C)CCN(C)C)CC[C@]4(C)C3CC[C@]12C. The van der Waals surface area contributed by atoms with E-state index in [1.807, 2.05) is 27.9 Å². The molecule has 4 aliphatic carbocycles. The van der Waals surface area contributed by atoms with Crippen LogP contribution in [0.3, 0.4) is 0 Å². The average molecular weight is 718 g/mol. The van der Waals surface area contributed by atoms with Crippen LogP contribution in [-0.2, 0) is 18.9 Å². The van der Waals surface area contributed by atoms with Crippen molar-refractivity contribution in [1.82, 2.24) is 15.5 Å². The first-order valence-corrected chi connectivity index (χ1v) is 20.6. The second-order valence-corrected chi connectivity index (χ2v) is 18.3. The molecule has 8 atom stereocenters. The van der Waals surface area contributed by atoms with E-state index < -0.39 is 11.7 Å². The summed E-state index contributed by atoms with van der Waals surface area (Å²) in [5.41, 5.74) is 1.78. The van der Waals surface area contributed by atoms with Crippen molar-refractivity contribution in [3.63, 3.8) is 0 Å². The van der Waals surface area contributed by atoms with Crippen molar-refractivity contribution < 1.29 is 28.5 Å². The molecule has 0 heterocycles. The summed E-state index contributed by atoms with van der Waals surface area (Å²) >= 11 is 0. The Morgan fingerprint density at radius 1 is 0.902 bits per heavy atom. The van der Waals surface area contributed by atoms with E-state index in [2.05, 4.69) is 56.2 Å². The van der Waals surface area contributed by atoms with Crippen LogP contribution in [-0.4, -0.2) is 88.9 Å². The van der Waals surface area contributed by atoms with Gasteiger partial charge in [-0.05, 0) is 126 Å².